The minimum atomic E-state index is -3.26. The number of hydrogen-bond donors (Lipinski definition) is 0. The van der Waals surface area contributed by atoms with Crippen molar-refractivity contribution in [1.82, 2.24) is 4.90 Å². The number of sulfone groups is 1. The lowest BCUT2D eigenvalue weighted by Crippen LogP contribution is -2.45. The molecule has 0 unspecified atom stereocenters. The highest BCUT2D eigenvalue weighted by Crippen LogP contribution is 2.46. The largest absolute Gasteiger partial charge is 0.497 e. The van der Waals surface area contributed by atoms with Crippen LogP contribution in [0, 0.1) is 0 Å². The number of ether oxygens (including phenoxy) is 1. The van der Waals surface area contributed by atoms with Gasteiger partial charge in [0.25, 0.3) is 0 Å². The molecule has 2 aromatic carbocycles. The van der Waals surface area contributed by atoms with Crippen molar-refractivity contribution in [2.45, 2.75) is 54.7 Å². The van der Waals surface area contributed by atoms with Crippen LogP contribution >= 0.6 is 0 Å². The lowest BCUT2D eigenvalue weighted by molar-refractivity contribution is 0.230. The van der Waals surface area contributed by atoms with Gasteiger partial charge in [0, 0.05) is 13.1 Å². The summed E-state index contributed by atoms with van der Waals surface area (Å²) in [4.78, 5) is 2.94. The molecule has 1 fully saturated rings. The zero-order chi connectivity index (χ0) is 19.6. The minimum absolute atomic E-state index is 0.482. The van der Waals surface area contributed by atoms with E-state index in [0.717, 1.165) is 63.9 Å². The highest BCUT2D eigenvalue weighted by Gasteiger charge is 2.48. The first-order valence-corrected chi connectivity index (χ1v) is 11.7. The first-order chi connectivity index (χ1) is 13.5. The van der Waals surface area contributed by atoms with Gasteiger partial charge in [0.1, 0.15) is 5.75 Å². The van der Waals surface area contributed by atoms with Crippen molar-refractivity contribution in [2.75, 3.05) is 20.2 Å². The average Bonchev–Trinajstić information content (AvgIpc) is 2.70. The van der Waals surface area contributed by atoms with Crippen molar-refractivity contribution in [3.8, 4) is 5.75 Å². The number of methoxy groups -OCH3 is 1. The van der Waals surface area contributed by atoms with Crippen molar-refractivity contribution >= 4 is 9.84 Å². The van der Waals surface area contributed by atoms with Crippen LogP contribution in [0.4, 0.5) is 0 Å². The fraction of sp³-hybridized carbons (Fsp3) is 0.478. The van der Waals surface area contributed by atoms with Crippen LogP contribution in [0.1, 0.15) is 43.2 Å². The Balaban J connectivity index is 1.38. The summed E-state index contributed by atoms with van der Waals surface area (Å²) in [7, 11) is -1.55. The molecule has 1 saturated carbocycles. The van der Waals surface area contributed by atoms with Crippen molar-refractivity contribution in [2.24, 2.45) is 0 Å². The molecular weight excluding hydrogens is 370 g/mol. The third kappa shape index (κ3) is 3.58. The predicted octanol–water partition coefficient (Wildman–Crippen LogP) is 4.23. The quantitative estimate of drug-likeness (QED) is 0.699. The van der Waals surface area contributed by atoms with Gasteiger partial charge < -0.3 is 4.74 Å². The predicted molar refractivity (Wildman–Crippen MR) is 111 cm³/mol. The van der Waals surface area contributed by atoms with E-state index in [1.165, 1.54) is 11.1 Å². The van der Waals surface area contributed by atoms with Crippen LogP contribution in [0.25, 0.3) is 0 Å². The number of benzene rings is 2. The van der Waals surface area contributed by atoms with E-state index in [2.05, 4.69) is 17.0 Å². The second-order valence-electron chi connectivity index (χ2n) is 8.12. The van der Waals surface area contributed by atoms with Gasteiger partial charge in [0.05, 0.1) is 16.8 Å². The molecule has 0 spiro atoms. The Kier molecular flexibility index (Phi) is 5.48. The highest BCUT2D eigenvalue weighted by molar-refractivity contribution is 7.93. The molecule has 2 aromatic rings. The number of rotatable bonds is 7. The summed E-state index contributed by atoms with van der Waals surface area (Å²) in [5, 5.41) is 0. The molecule has 0 N–H and O–H groups in total. The molecule has 0 saturated heterocycles. The van der Waals surface area contributed by atoms with E-state index in [1.807, 2.05) is 24.3 Å². The molecule has 5 heteroatoms. The molecule has 1 aliphatic heterocycles. The van der Waals surface area contributed by atoms with E-state index in [9.17, 15) is 8.42 Å². The topological polar surface area (TPSA) is 46.6 Å². The van der Waals surface area contributed by atoms with Crippen molar-refractivity contribution in [1.29, 1.82) is 0 Å². The normalized spacial score (nSPS) is 18.9. The van der Waals surface area contributed by atoms with Gasteiger partial charge in [-0.15, -0.1) is 0 Å². The fourth-order valence-corrected chi connectivity index (χ4v) is 6.86. The van der Waals surface area contributed by atoms with Gasteiger partial charge in [-0.25, -0.2) is 8.42 Å². The van der Waals surface area contributed by atoms with E-state index in [4.69, 9.17) is 4.74 Å². The molecule has 0 bridgehead atoms. The monoisotopic (exact) mass is 399 g/mol. The zero-order valence-corrected chi connectivity index (χ0v) is 17.4. The second kappa shape index (κ2) is 7.88. The van der Waals surface area contributed by atoms with Crippen LogP contribution in [-0.2, 0) is 22.8 Å². The summed E-state index contributed by atoms with van der Waals surface area (Å²) in [6.45, 7) is 2.92. The molecule has 1 heterocycles. The Bertz CT molecular complexity index is 920. The standard InChI is InChI=1S/C23H29NO3S/c1-27-21-10-9-20-18-24(16-11-19(20)17-21)15-6-14-23(12-5-13-23)28(25,26)22-7-3-2-4-8-22/h2-4,7-10,17H,5-6,11-16,18H2,1H3. The number of nitrogens with zero attached hydrogens (tertiary/aromatic N) is 1. The van der Waals surface area contributed by atoms with Gasteiger partial charge in [0.15, 0.2) is 9.84 Å². The molecule has 150 valence electrons. The van der Waals surface area contributed by atoms with E-state index in [0.29, 0.717) is 4.90 Å². The number of hydrogen-bond acceptors (Lipinski definition) is 4. The summed E-state index contributed by atoms with van der Waals surface area (Å²) in [5.41, 5.74) is 2.74. The van der Waals surface area contributed by atoms with E-state index in [-0.39, 0.29) is 0 Å². The van der Waals surface area contributed by atoms with Gasteiger partial charge in [-0.1, -0.05) is 30.7 Å². The minimum Gasteiger partial charge on any atom is -0.497 e. The Morgan fingerprint density at radius 1 is 1.07 bits per heavy atom. The molecule has 4 nitrogen and oxygen atoms in total. The van der Waals surface area contributed by atoms with Gasteiger partial charge >= 0.3 is 0 Å². The second-order valence-corrected chi connectivity index (χ2v) is 10.5. The first kappa shape index (κ1) is 19.5. The molecule has 0 radical (unpaired) electrons. The maximum absolute atomic E-state index is 13.2. The fourth-order valence-electron chi connectivity index (χ4n) is 4.60. The van der Waals surface area contributed by atoms with Crippen LogP contribution in [-0.4, -0.2) is 38.3 Å². The molecule has 4 rings (SSSR count). The summed E-state index contributed by atoms with van der Waals surface area (Å²) in [6.07, 6.45) is 5.33. The average molecular weight is 400 g/mol. The molecule has 2 aliphatic rings. The Hall–Kier alpha value is -1.85. The van der Waals surface area contributed by atoms with Crippen molar-refractivity contribution in [3.05, 3.63) is 59.7 Å². The number of fused-ring (bicyclic) bond motifs is 1. The van der Waals surface area contributed by atoms with Crippen LogP contribution in [0.15, 0.2) is 53.4 Å². The third-order valence-corrected chi connectivity index (χ3v) is 9.15. The molecule has 1 aliphatic carbocycles. The van der Waals surface area contributed by atoms with Crippen LogP contribution in [0.5, 0.6) is 5.75 Å². The van der Waals surface area contributed by atoms with Gasteiger partial charge in [-0.05, 0) is 74.0 Å². The summed E-state index contributed by atoms with van der Waals surface area (Å²) in [6, 6.07) is 15.3. The Morgan fingerprint density at radius 2 is 1.86 bits per heavy atom. The Labute approximate surface area is 168 Å². The molecular formula is C23H29NO3S. The maximum atomic E-state index is 13.2. The van der Waals surface area contributed by atoms with Crippen LogP contribution in [0.2, 0.25) is 0 Å². The van der Waals surface area contributed by atoms with Gasteiger partial charge in [-0.2, -0.15) is 0 Å². The van der Waals surface area contributed by atoms with Crippen molar-refractivity contribution < 1.29 is 13.2 Å². The summed E-state index contributed by atoms with van der Waals surface area (Å²) in [5.74, 6) is 0.922. The van der Waals surface area contributed by atoms with Crippen molar-refractivity contribution in [3.63, 3.8) is 0 Å². The first-order valence-electron chi connectivity index (χ1n) is 10.2. The lowest BCUT2D eigenvalue weighted by atomic mass is 9.81. The molecule has 0 amide bonds. The van der Waals surface area contributed by atoms with E-state index in [1.54, 1.807) is 19.2 Å². The maximum Gasteiger partial charge on any atom is 0.184 e. The van der Waals surface area contributed by atoms with E-state index < -0.39 is 14.6 Å². The molecule has 28 heavy (non-hydrogen) atoms. The van der Waals surface area contributed by atoms with Crippen LogP contribution < -0.4 is 4.74 Å². The summed E-state index contributed by atoms with van der Waals surface area (Å²) >= 11 is 0. The van der Waals surface area contributed by atoms with Gasteiger partial charge in [-0.3, -0.25) is 4.90 Å². The smallest absolute Gasteiger partial charge is 0.184 e. The van der Waals surface area contributed by atoms with Gasteiger partial charge in [0.2, 0.25) is 0 Å². The zero-order valence-electron chi connectivity index (χ0n) is 16.6. The molecule has 0 atom stereocenters. The highest BCUT2D eigenvalue weighted by atomic mass is 32.2. The summed E-state index contributed by atoms with van der Waals surface area (Å²) < 4.78 is 31.2. The van der Waals surface area contributed by atoms with E-state index >= 15 is 0 Å². The third-order valence-electron chi connectivity index (χ3n) is 6.50. The van der Waals surface area contributed by atoms with Crippen LogP contribution in [0.3, 0.4) is 0 Å². The molecule has 0 aromatic heterocycles. The lowest BCUT2D eigenvalue weighted by Gasteiger charge is -2.41. The SMILES string of the molecule is COc1ccc2c(c1)CCN(CCCC1(S(=O)(=O)c3ccccc3)CCC1)C2. The Morgan fingerprint density at radius 3 is 2.54 bits per heavy atom.